The van der Waals surface area contributed by atoms with E-state index < -0.39 is 17.3 Å². The molecule has 0 radical (unpaired) electrons. The lowest BCUT2D eigenvalue weighted by Crippen LogP contribution is -2.53. The second-order valence-corrected chi connectivity index (χ2v) is 15.1. The highest BCUT2D eigenvalue weighted by molar-refractivity contribution is 9.09. The number of aliphatic hydroxyl groups is 2. The summed E-state index contributed by atoms with van der Waals surface area (Å²) in [5, 5.41) is 21.4. The monoisotopic (exact) mass is 586 g/mol. The molecule has 7 heteroatoms. The van der Waals surface area contributed by atoms with Crippen LogP contribution in [0.25, 0.3) is 0 Å². The van der Waals surface area contributed by atoms with Crippen LogP contribution < -0.4 is 0 Å². The van der Waals surface area contributed by atoms with E-state index in [1.807, 2.05) is 6.92 Å². The minimum absolute atomic E-state index is 0.0281. The third-order valence-corrected chi connectivity index (χ3v) is 11.4. The van der Waals surface area contributed by atoms with E-state index in [9.17, 15) is 10.2 Å². The predicted molar refractivity (Wildman–Crippen MR) is 149 cm³/mol. The number of rotatable bonds is 6. The molecule has 0 aliphatic carbocycles. The molecule has 4 saturated heterocycles. The molecule has 4 rings (SSSR count). The average molecular weight is 588 g/mol. The van der Waals surface area contributed by atoms with Gasteiger partial charge in [0.25, 0.3) is 0 Å². The number of hydrogen-bond acceptors (Lipinski definition) is 6. The van der Waals surface area contributed by atoms with E-state index in [2.05, 4.69) is 50.2 Å². The summed E-state index contributed by atoms with van der Waals surface area (Å²) >= 11 is 3.85. The molecule has 6 nitrogen and oxygen atoms in total. The van der Waals surface area contributed by atoms with Crippen molar-refractivity contribution in [1.29, 1.82) is 0 Å². The SMILES string of the molecule is C=C(CC[C@H](O)[C@@]1(C)CC[C@H](C(C)(C)O)O1)[C@H]1CC[C@H]2O[C@]3(C)CC[C@@H](Br)C(C)(C)O[C@H]3CC[C@]2(C)O1. The zero-order valence-electron chi connectivity index (χ0n) is 24.1. The first-order valence-electron chi connectivity index (χ1n) is 14.4. The van der Waals surface area contributed by atoms with Gasteiger partial charge in [-0.25, -0.2) is 0 Å². The Morgan fingerprint density at radius 2 is 1.51 bits per heavy atom. The van der Waals surface area contributed by atoms with Crippen molar-refractivity contribution in [2.24, 2.45) is 0 Å². The standard InChI is InChI=1S/C30H51BrO6/c1-19(9-11-22(32)28(6)17-14-23(36-28)26(2,3)33)20-10-12-24-29(7,34-20)18-15-25-30(8,37-24)16-13-21(31)27(4,5)35-25/h20-25,32-33H,1,9-18H2,2-8H3/t20-,21-,22+,23-,24-,25+,28-,29+,30-/m1/s1. The minimum atomic E-state index is -0.909. The van der Waals surface area contributed by atoms with Gasteiger partial charge in [-0.3, -0.25) is 0 Å². The molecular formula is C30H51BrO6. The number of halogens is 1. The Labute approximate surface area is 233 Å². The quantitative estimate of drug-likeness (QED) is 0.294. The summed E-state index contributed by atoms with van der Waals surface area (Å²) in [5.41, 5.74) is -1.47. The van der Waals surface area contributed by atoms with Crippen molar-refractivity contribution in [2.75, 3.05) is 0 Å². The molecule has 214 valence electrons. The van der Waals surface area contributed by atoms with Crippen LogP contribution in [0.1, 0.15) is 113 Å². The van der Waals surface area contributed by atoms with Crippen LogP contribution >= 0.6 is 15.9 Å². The summed E-state index contributed by atoms with van der Waals surface area (Å²) in [6.45, 7) is 18.6. The first kappa shape index (κ1) is 30.0. The van der Waals surface area contributed by atoms with Crippen molar-refractivity contribution in [3.8, 4) is 0 Å². The molecule has 4 heterocycles. The molecular weight excluding hydrogens is 536 g/mol. The van der Waals surface area contributed by atoms with Crippen LogP contribution in [-0.2, 0) is 18.9 Å². The van der Waals surface area contributed by atoms with Gasteiger partial charge in [0, 0.05) is 4.83 Å². The molecule has 0 aromatic rings. The maximum atomic E-state index is 11.0. The topological polar surface area (TPSA) is 77.4 Å². The van der Waals surface area contributed by atoms with Crippen molar-refractivity contribution in [1.82, 2.24) is 0 Å². The van der Waals surface area contributed by atoms with Gasteiger partial charge in [-0.05, 0) is 118 Å². The lowest BCUT2D eigenvalue weighted by atomic mass is 9.83. The smallest absolute Gasteiger partial charge is 0.0924 e. The van der Waals surface area contributed by atoms with Crippen molar-refractivity contribution >= 4 is 15.9 Å². The van der Waals surface area contributed by atoms with Gasteiger partial charge < -0.3 is 29.2 Å². The van der Waals surface area contributed by atoms with Crippen LogP contribution in [0.15, 0.2) is 12.2 Å². The average Bonchev–Trinajstić information content (AvgIpc) is 3.15. The van der Waals surface area contributed by atoms with Gasteiger partial charge >= 0.3 is 0 Å². The second-order valence-electron chi connectivity index (χ2n) is 14.0. The molecule has 37 heavy (non-hydrogen) atoms. The number of fused-ring (bicyclic) bond motifs is 2. The summed E-state index contributed by atoms with van der Waals surface area (Å²) < 4.78 is 26.5. The number of aliphatic hydroxyl groups excluding tert-OH is 1. The molecule has 0 unspecified atom stereocenters. The predicted octanol–water partition coefficient (Wildman–Crippen LogP) is 5.99. The summed E-state index contributed by atoms with van der Waals surface area (Å²) in [6.07, 6.45) is 7.47. The fraction of sp³-hybridized carbons (Fsp3) is 0.933. The fourth-order valence-electron chi connectivity index (χ4n) is 6.88. The van der Waals surface area contributed by atoms with Gasteiger partial charge in [0.15, 0.2) is 0 Å². The van der Waals surface area contributed by atoms with Crippen LogP contribution in [0.5, 0.6) is 0 Å². The highest BCUT2D eigenvalue weighted by Crippen LogP contribution is 2.48. The molecule has 4 fully saturated rings. The summed E-state index contributed by atoms with van der Waals surface area (Å²) in [7, 11) is 0. The molecule has 0 amide bonds. The summed E-state index contributed by atoms with van der Waals surface area (Å²) in [4.78, 5) is 0.308. The Bertz CT molecular complexity index is 840. The lowest BCUT2D eigenvalue weighted by molar-refractivity contribution is -0.232. The first-order valence-corrected chi connectivity index (χ1v) is 15.3. The highest BCUT2D eigenvalue weighted by atomic mass is 79.9. The molecule has 0 bridgehead atoms. The molecule has 9 atom stereocenters. The van der Waals surface area contributed by atoms with Crippen LogP contribution in [0.4, 0.5) is 0 Å². The zero-order valence-corrected chi connectivity index (χ0v) is 25.7. The molecule has 4 aliphatic rings. The molecule has 4 aliphatic heterocycles. The summed E-state index contributed by atoms with van der Waals surface area (Å²) in [6, 6.07) is 0. The van der Waals surface area contributed by atoms with E-state index in [1.54, 1.807) is 13.8 Å². The van der Waals surface area contributed by atoms with E-state index in [0.717, 1.165) is 56.9 Å². The van der Waals surface area contributed by atoms with Gasteiger partial charge in [-0.1, -0.05) is 22.5 Å². The van der Waals surface area contributed by atoms with E-state index in [-0.39, 0.29) is 41.2 Å². The normalized spacial score (nSPS) is 45.3. The maximum absolute atomic E-state index is 11.0. The van der Waals surface area contributed by atoms with Crippen LogP contribution in [0.3, 0.4) is 0 Å². The Hall–Kier alpha value is -0.0200. The number of ether oxygens (including phenoxy) is 4. The van der Waals surface area contributed by atoms with Crippen LogP contribution in [0.2, 0.25) is 0 Å². The van der Waals surface area contributed by atoms with Gasteiger partial charge in [0.1, 0.15) is 0 Å². The summed E-state index contributed by atoms with van der Waals surface area (Å²) in [5.74, 6) is 0. The molecule has 0 saturated carbocycles. The third kappa shape index (κ3) is 6.18. The van der Waals surface area contributed by atoms with E-state index in [4.69, 9.17) is 18.9 Å². The Morgan fingerprint density at radius 3 is 2.16 bits per heavy atom. The lowest BCUT2D eigenvalue weighted by Gasteiger charge is -2.46. The molecule has 2 N–H and O–H groups in total. The maximum Gasteiger partial charge on any atom is 0.0924 e. The van der Waals surface area contributed by atoms with Crippen molar-refractivity contribution in [2.45, 2.75) is 176 Å². The van der Waals surface area contributed by atoms with Gasteiger partial charge in [-0.2, -0.15) is 0 Å². The zero-order chi connectivity index (χ0) is 27.4. The number of hydrogen-bond donors (Lipinski definition) is 2. The van der Waals surface area contributed by atoms with E-state index in [0.29, 0.717) is 17.7 Å². The largest absolute Gasteiger partial charge is 0.390 e. The van der Waals surface area contributed by atoms with Gasteiger partial charge in [0.2, 0.25) is 0 Å². The van der Waals surface area contributed by atoms with Crippen LogP contribution in [0, 0.1) is 0 Å². The van der Waals surface area contributed by atoms with Crippen molar-refractivity contribution in [3.05, 3.63) is 12.2 Å². The first-order chi connectivity index (χ1) is 17.0. The van der Waals surface area contributed by atoms with Gasteiger partial charge in [0.05, 0.1) is 58.5 Å². The number of alkyl halides is 1. The highest BCUT2D eigenvalue weighted by Gasteiger charge is 2.54. The Balaban J connectivity index is 1.35. The third-order valence-electron chi connectivity index (χ3n) is 9.88. The second kappa shape index (κ2) is 10.4. The van der Waals surface area contributed by atoms with Crippen LogP contribution in [-0.4, -0.2) is 73.6 Å². The van der Waals surface area contributed by atoms with E-state index in [1.165, 1.54) is 0 Å². The molecule has 0 aromatic heterocycles. The minimum Gasteiger partial charge on any atom is -0.390 e. The van der Waals surface area contributed by atoms with Crippen molar-refractivity contribution < 1.29 is 29.2 Å². The van der Waals surface area contributed by atoms with Crippen molar-refractivity contribution in [3.63, 3.8) is 0 Å². The fourth-order valence-corrected chi connectivity index (χ4v) is 7.22. The Kier molecular flexibility index (Phi) is 8.44. The molecule has 0 aromatic carbocycles. The van der Waals surface area contributed by atoms with E-state index >= 15 is 0 Å². The molecule has 0 spiro atoms. The Morgan fingerprint density at radius 1 is 0.892 bits per heavy atom. The van der Waals surface area contributed by atoms with Gasteiger partial charge in [-0.15, -0.1) is 0 Å².